The van der Waals surface area contributed by atoms with Crippen molar-refractivity contribution in [2.24, 2.45) is 0 Å². The maximum absolute atomic E-state index is 11.6. The van der Waals surface area contributed by atoms with Gasteiger partial charge in [-0.1, -0.05) is 30.3 Å². The largest absolute Gasteiger partial charge is 0.291 e. The Morgan fingerprint density at radius 1 is 1.24 bits per heavy atom. The second-order valence-corrected chi connectivity index (χ2v) is 3.78. The van der Waals surface area contributed by atoms with Crippen LogP contribution in [-0.4, -0.2) is 19.6 Å². The van der Waals surface area contributed by atoms with Gasteiger partial charge in [-0.2, -0.15) is 9.50 Å². The molecule has 0 saturated heterocycles. The lowest BCUT2D eigenvalue weighted by molar-refractivity contribution is 0.918. The fraction of sp³-hybridized carbons (Fsp3) is 0.0833. The topological polar surface area (TPSA) is 63.0 Å². The highest BCUT2D eigenvalue weighted by molar-refractivity contribution is 5.60. The lowest BCUT2D eigenvalue weighted by atomic mass is 10.1. The van der Waals surface area contributed by atoms with Crippen molar-refractivity contribution < 1.29 is 0 Å². The van der Waals surface area contributed by atoms with E-state index in [0.717, 1.165) is 11.3 Å². The Morgan fingerprint density at radius 3 is 2.76 bits per heavy atom. The molecule has 2 heterocycles. The van der Waals surface area contributed by atoms with Crippen LogP contribution in [0.2, 0.25) is 0 Å². The highest BCUT2D eigenvalue weighted by Gasteiger charge is 2.08. The van der Waals surface area contributed by atoms with Crippen molar-refractivity contribution in [1.82, 2.24) is 19.6 Å². The molecule has 0 radical (unpaired) electrons. The monoisotopic (exact) mass is 226 g/mol. The summed E-state index contributed by atoms with van der Waals surface area (Å²) in [6.07, 6.45) is 0. The van der Waals surface area contributed by atoms with Gasteiger partial charge in [0.25, 0.3) is 5.56 Å². The maximum Gasteiger partial charge on any atom is 0.252 e. The molecule has 0 aliphatic carbocycles. The Kier molecular flexibility index (Phi) is 2.04. The molecule has 0 amide bonds. The zero-order chi connectivity index (χ0) is 11.8. The average molecular weight is 226 g/mol. The lowest BCUT2D eigenvalue weighted by Crippen LogP contribution is -2.09. The summed E-state index contributed by atoms with van der Waals surface area (Å²) in [5, 5.41) is 4.27. The second-order valence-electron chi connectivity index (χ2n) is 3.78. The molecule has 0 fully saturated rings. The van der Waals surface area contributed by atoms with Crippen molar-refractivity contribution in [3.05, 3.63) is 52.6 Å². The van der Waals surface area contributed by atoms with Gasteiger partial charge in [0.2, 0.25) is 5.78 Å². The van der Waals surface area contributed by atoms with Crippen LogP contribution in [0.15, 0.2) is 41.2 Å². The standard InChI is InChI=1S/C12H10N4O/c1-8-13-12-14-11(17)7-10(16(12)15-8)9-5-3-2-4-6-9/h2-7H,1H3,(H,13,14,15,17). The molecule has 3 aromatic rings. The van der Waals surface area contributed by atoms with Gasteiger partial charge in [-0.15, -0.1) is 5.10 Å². The normalized spacial score (nSPS) is 10.9. The summed E-state index contributed by atoms with van der Waals surface area (Å²) in [5.41, 5.74) is 1.50. The molecule has 0 saturated carbocycles. The van der Waals surface area contributed by atoms with E-state index in [0.29, 0.717) is 11.6 Å². The fourth-order valence-electron chi connectivity index (χ4n) is 1.81. The van der Waals surface area contributed by atoms with Crippen LogP contribution < -0.4 is 5.56 Å². The number of hydrogen-bond acceptors (Lipinski definition) is 3. The number of fused-ring (bicyclic) bond motifs is 1. The Morgan fingerprint density at radius 2 is 2.00 bits per heavy atom. The number of aromatic amines is 1. The maximum atomic E-state index is 11.6. The van der Waals surface area contributed by atoms with Gasteiger partial charge in [-0.25, -0.2) is 0 Å². The van der Waals surface area contributed by atoms with E-state index in [4.69, 9.17) is 0 Å². The molecule has 0 aliphatic heterocycles. The Hall–Kier alpha value is -2.43. The van der Waals surface area contributed by atoms with Crippen molar-refractivity contribution in [1.29, 1.82) is 0 Å². The second kappa shape index (κ2) is 3.55. The average Bonchev–Trinajstić information content (AvgIpc) is 2.69. The molecule has 0 bridgehead atoms. The quantitative estimate of drug-likeness (QED) is 0.682. The zero-order valence-electron chi connectivity index (χ0n) is 9.21. The van der Waals surface area contributed by atoms with Gasteiger partial charge >= 0.3 is 0 Å². The first-order valence-corrected chi connectivity index (χ1v) is 5.26. The summed E-state index contributed by atoms with van der Waals surface area (Å²) < 4.78 is 1.64. The molecule has 2 aromatic heterocycles. The van der Waals surface area contributed by atoms with Crippen molar-refractivity contribution in [2.45, 2.75) is 6.92 Å². The summed E-state index contributed by atoms with van der Waals surface area (Å²) in [4.78, 5) is 18.4. The predicted molar refractivity (Wildman–Crippen MR) is 63.8 cm³/mol. The van der Waals surface area contributed by atoms with Gasteiger partial charge < -0.3 is 0 Å². The molecular weight excluding hydrogens is 216 g/mol. The number of aryl methyl sites for hydroxylation is 1. The van der Waals surface area contributed by atoms with Crippen LogP contribution in [-0.2, 0) is 0 Å². The third kappa shape index (κ3) is 1.61. The smallest absolute Gasteiger partial charge is 0.252 e. The molecule has 5 heteroatoms. The molecule has 17 heavy (non-hydrogen) atoms. The Bertz CT molecular complexity index is 727. The van der Waals surface area contributed by atoms with E-state index in [-0.39, 0.29) is 5.56 Å². The van der Waals surface area contributed by atoms with Gasteiger partial charge in [0.05, 0.1) is 5.69 Å². The zero-order valence-corrected chi connectivity index (χ0v) is 9.21. The number of aromatic nitrogens is 4. The van der Waals surface area contributed by atoms with Crippen LogP contribution in [0.25, 0.3) is 17.0 Å². The first kappa shape index (κ1) is 9.77. The fourth-order valence-corrected chi connectivity index (χ4v) is 1.81. The molecular formula is C12H10N4O. The van der Waals surface area contributed by atoms with E-state index in [9.17, 15) is 4.79 Å². The van der Waals surface area contributed by atoms with Gasteiger partial charge in [0, 0.05) is 11.6 Å². The van der Waals surface area contributed by atoms with E-state index >= 15 is 0 Å². The van der Waals surface area contributed by atoms with E-state index in [1.807, 2.05) is 30.3 Å². The van der Waals surface area contributed by atoms with Crippen molar-refractivity contribution in [3.8, 4) is 11.3 Å². The minimum Gasteiger partial charge on any atom is -0.291 e. The minimum atomic E-state index is -0.177. The minimum absolute atomic E-state index is 0.177. The summed E-state index contributed by atoms with van der Waals surface area (Å²) in [6, 6.07) is 11.2. The van der Waals surface area contributed by atoms with Crippen LogP contribution in [0, 0.1) is 6.92 Å². The summed E-state index contributed by atoms with van der Waals surface area (Å²) in [5.74, 6) is 1.10. The third-order valence-corrected chi connectivity index (χ3v) is 2.51. The first-order chi connectivity index (χ1) is 8.24. The number of rotatable bonds is 1. The van der Waals surface area contributed by atoms with Crippen LogP contribution in [0.4, 0.5) is 0 Å². The van der Waals surface area contributed by atoms with Crippen molar-refractivity contribution >= 4 is 5.78 Å². The lowest BCUT2D eigenvalue weighted by Gasteiger charge is -2.02. The summed E-state index contributed by atoms with van der Waals surface area (Å²) in [7, 11) is 0. The highest BCUT2D eigenvalue weighted by atomic mass is 16.1. The van der Waals surface area contributed by atoms with Crippen LogP contribution in [0.5, 0.6) is 0 Å². The Balaban J connectivity index is 2.39. The van der Waals surface area contributed by atoms with Gasteiger partial charge in [0.15, 0.2) is 0 Å². The molecule has 84 valence electrons. The SMILES string of the molecule is Cc1nc2[nH]c(=O)cc(-c3ccccc3)n2n1. The van der Waals surface area contributed by atoms with Gasteiger partial charge in [-0.3, -0.25) is 9.78 Å². The number of nitrogens with one attached hydrogen (secondary N) is 1. The molecule has 0 aliphatic rings. The molecule has 1 aromatic carbocycles. The van der Waals surface area contributed by atoms with Gasteiger partial charge in [-0.05, 0) is 6.92 Å². The van der Waals surface area contributed by atoms with E-state index in [1.165, 1.54) is 6.07 Å². The molecule has 3 rings (SSSR count). The number of benzene rings is 1. The third-order valence-electron chi connectivity index (χ3n) is 2.51. The summed E-state index contributed by atoms with van der Waals surface area (Å²) >= 11 is 0. The van der Waals surface area contributed by atoms with E-state index < -0.39 is 0 Å². The molecule has 0 spiro atoms. The van der Waals surface area contributed by atoms with Crippen molar-refractivity contribution in [2.75, 3.05) is 0 Å². The Labute approximate surface area is 96.8 Å². The molecule has 0 unspecified atom stereocenters. The van der Waals surface area contributed by atoms with Gasteiger partial charge in [0.1, 0.15) is 5.82 Å². The van der Waals surface area contributed by atoms with E-state index in [1.54, 1.807) is 11.4 Å². The van der Waals surface area contributed by atoms with Crippen LogP contribution in [0.3, 0.4) is 0 Å². The van der Waals surface area contributed by atoms with E-state index in [2.05, 4.69) is 15.1 Å². The van der Waals surface area contributed by atoms with Crippen molar-refractivity contribution in [3.63, 3.8) is 0 Å². The van der Waals surface area contributed by atoms with Crippen LogP contribution >= 0.6 is 0 Å². The van der Waals surface area contributed by atoms with Crippen LogP contribution in [0.1, 0.15) is 5.82 Å². The number of H-pyrrole nitrogens is 1. The summed E-state index contributed by atoms with van der Waals surface area (Å²) in [6.45, 7) is 1.79. The highest BCUT2D eigenvalue weighted by Crippen LogP contribution is 2.16. The molecule has 1 N–H and O–H groups in total. The number of nitrogens with zero attached hydrogens (tertiary/aromatic N) is 3. The number of hydrogen-bond donors (Lipinski definition) is 1. The molecule has 0 atom stereocenters. The first-order valence-electron chi connectivity index (χ1n) is 5.26. The predicted octanol–water partition coefficient (Wildman–Crippen LogP) is 1.39. The molecule has 5 nitrogen and oxygen atoms in total.